The average Bonchev–Trinajstić information content (AvgIpc) is 1.98. The van der Waals surface area contributed by atoms with E-state index in [2.05, 4.69) is 37.1 Å². The molecule has 0 aromatic rings. The molecule has 15 heavy (non-hydrogen) atoms. The van der Waals surface area contributed by atoms with Crippen LogP contribution in [0.3, 0.4) is 0 Å². The van der Waals surface area contributed by atoms with Crippen molar-refractivity contribution in [1.29, 1.82) is 0 Å². The SMILES string of the molecule is CC(C)(C)CCCC#CCOP(=O)(O)O. The van der Waals surface area contributed by atoms with E-state index in [1.165, 1.54) is 0 Å². The van der Waals surface area contributed by atoms with Gasteiger partial charge in [-0.3, -0.25) is 4.52 Å². The lowest BCUT2D eigenvalue weighted by atomic mass is 9.90. The van der Waals surface area contributed by atoms with Crippen LogP contribution in [0, 0.1) is 17.3 Å². The first kappa shape index (κ1) is 14.7. The van der Waals surface area contributed by atoms with E-state index in [1.807, 2.05) is 0 Å². The van der Waals surface area contributed by atoms with Crippen LogP contribution in [0.2, 0.25) is 0 Å². The van der Waals surface area contributed by atoms with E-state index in [-0.39, 0.29) is 6.61 Å². The molecular weight excluding hydrogens is 215 g/mol. The Morgan fingerprint density at radius 1 is 1.27 bits per heavy atom. The van der Waals surface area contributed by atoms with Gasteiger partial charge in [0.2, 0.25) is 0 Å². The first-order valence-corrected chi connectivity index (χ1v) is 6.39. The predicted molar refractivity (Wildman–Crippen MR) is 59.1 cm³/mol. The Labute approximate surface area is 91.3 Å². The van der Waals surface area contributed by atoms with Crippen LogP contribution in [-0.2, 0) is 9.09 Å². The monoisotopic (exact) mass is 234 g/mol. The molecule has 88 valence electrons. The lowest BCUT2D eigenvalue weighted by molar-refractivity contribution is 0.218. The zero-order valence-corrected chi connectivity index (χ0v) is 10.4. The summed E-state index contributed by atoms with van der Waals surface area (Å²) in [5, 5.41) is 0. The third kappa shape index (κ3) is 13.7. The molecule has 2 N–H and O–H groups in total. The molecule has 0 unspecified atom stereocenters. The summed E-state index contributed by atoms with van der Waals surface area (Å²) in [4.78, 5) is 16.7. The molecule has 0 aromatic carbocycles. The summed E-state index contributed by atoms with van der Waals surface area (Å²) in [5.41, 5.74) is 0.310. The predicted octanol–water partition coefficient (Wildman–Crippen LogP) is 2.32. The molecule has 0 rings (SSSR count). The van der Waals surface area contributed by atoms with Gasteiger partial charge in [0.15, 0.2) is 0 Å². The number of hydrogen-bond acceptors (Lipinski definition) is 2. The molecule has 0 saturated heterocycles. The molecule has 0 aliphatic rings. The van der Waals surface area contributed by atoms with Gasteiger partial charge in [-0.15, -0.1) is 5.92 Å². The molecule has 0 spiro atoms. The van der Waals surface area contributed by atoms with E-state index in [0.717, 1.165) is 19.3 Å². The van der Waals surface area contributed by atoms with Crippen LogP contribution in [0.15, 0.2) is 0 Å². The lowest BCUT2D eigenvalue weighted by Gasteiger charge is -2.16. The minimum absolute atomic E-state index is 0.209. The molecule has 5 heteroatoms. The van der Waals surface area contributed by atoms with Crippen molar-refractivity contribution >= 4 is 7.82 Å². The quantitative estimate of drug-likeness (QED) is 0.445. The Morgan fingerprint density at radius 2 is 1.87 bits per heavy atom. The maximum atomic E-state index is 10.3. The molecule has 0 fully saturated rings. The largest absolute Gasteiger partial charge is 0.470 e. The minimum Gasteiger partial charge on any atom is -0.303 e. The summed E-state index contributed by atoms with van der Waals surface area (Å²) >= 11 is 0. The molecule has 4 nitrogen and oxygen atoms in total. The topological polar surface area (TPSA) is 66.8 Å². The molecule has 0 aromatic heterocycles. The maximum absolute atomic E-state index is 10.3. The highest BCUT2D eigenvalue weighted by atomic mass is 31.2. The lowest BCUT2D eigenvalue weighted by Crippen LogP contribution is -2.03. The summed E-state index contributed by atoms with van der Waals surface area (Å²) in [6, 6.07) is 0. The molecule has 0 saturated carbocycles. The molecule has 0 heterocycles. The normalized spacial score (nSPS) is 12.1. The van der Waals surface area contributed by atoms with E-state index in [1.54, 1.807) is 0 Å². The maximum Gasteiger partial charge on any atom is 0.470 e. The molecule has 0 radical (unpaired) electrons. The summed E-state index contributed by atoms with van der Waals surface area (Å²) < 4.78 is 14.4. The fraction of sp³-hybridized carbons (Fsp3) is 0.800. The molecular formula is C10H19O4P. The standard InChI is InChI=1S/C10H19O4P/c1-10(2,3)8-6-4-5-7-9-14-15(11,12)13/h4,6,8-9H2,1-3H3,(H2,11,12,13). The smallest absolute Gasteiger partial charge is 0.303 e. The summed E-state index contributed by atoms with van der Waals surface area (Å²) in [6.45, 7) is 6.28. The fourth-order valence-corrected chi connectivity index (χ4v) is 1.20. The zero-order chi connectivity index (χ0) is 11.9. The van der Waals surface area contributed by atoms with Crippen molar-refractivity contribution in [3.63, 3.8) is 0 Å². The van der Waals surface area contributed by atoms with Crippen molar-refractivity contribution in [3.05, 3.63) is 0 Å². The minimum atomic E-state index is -4.35. The van der Waals surface area contributed by atoms with Crippen LogP contribution in [-0.4, -0.2) is 16.4 Å². The summed E-state index contributed by atoms with van der Waals surface area (Å²) in [5.74, 6) is 5.38. The first-order chi connectivity index (χ1) is 6.71. The van der Waals surface area contributed by atoms with Gasteiger partial charge < -0.3 is 9.79 Å². The van der Waals surface area contributed by atoms with Gasteiger partial charge >= 0.3 is 7.82 Å². The molecule has 0 amide bonds. The van der Waals surface area contributed by atoms with Gasteiger partial charge in [-0.05, 0) is 18.3 Å². The Kier molecular flexibility index (Phi) is 6.16. The highest BCUT2D eigenvalue weighted by Crippen LogP contribution is 2.35. The molecule has 0 atom stereocenters. The highest BCUT2D eigenvalue weighted by Gasteiger charge is 2.11. The number of hydrogen-bond donors (Lipinski definition) is 2. The van der Waals surface area contributed by atoms with Crippen LogP contribution < -0.4 is 0 Å². The summed E-state index contributed by atoms with van der Waals surface area (Å²) in [6.07, 6.45) is 2.81. The van der Waals surface area contributed by atoms with Crippen LogP contribution in [0.1, 0.15) is 40.0 Å². The van der Waals surface area contributed by atoms with E-state index >= 15 is 0 Å². The van der Waals surface area contributed by atoms with Crippen molar-refractivity contribution in [2.75, 3.05) is 6.61 Å². The van der Waals surface area contributed by atoms with Crippen LogP contribution >= 0.6 is 7.82 Å². The van der Waals surface area contributed by atoms with E-state index in [9.17, 15) is 4.57 Å². The van der Waals surface area contributed by atoms with Gasteiger partial charge in [-0.2, -0.15) is 0 Å². The number of phosphoric acid groups is 1. The van der Waals surface area contributed by atoms with Gasteiger partial charge in [0.05, 0.1) is 0 Å². The van der Waals surface area contributed by atoms with Gasteiger partial charge in [-0.1, -0.05) is 26.7 Å². The second kappa shape index (κ2) is 6.30. The Morgan fingerprint density at radius 3 is 2.33 bits per heavy atom. The number of rotatable bonds is 4. The Balaban J connectivity index is 3.53. The van der Waals surface area contributed by atoms with E-state index < -0.39 is 7.82 Å². The van der Waals surface area contributed by atoms with Crippen LogP contribution in [0.5, 0.6) is 0 Å². The average molecular weight is 234 g/mol. The number of phosphoric ester groups is 1. The Bertz CT molecular complexity index is 276. The molecule has 0 aliphatic heterocycles. The third-order valence-corrected chi connectivity index (χ3v) is 2.12. The van der Waals surface area contributed by atoms with Crippen LogP contribution in [0.4, 0.5) is 0 Å². The Hall–Kier alpha value is -0.330. The van der Waals surface area contributed by atoms with Gasteiger partial charge in [0.25, 0.3) is 0 Å². The van der Waals surface area contributed by atoms with Gasteiger partial charge in [-0.25, -0.2) is 4.57 Å². The second-order valence-corrected chi connectivity index (χ2v) is 5.77. The highest BCUT2D eigenvalue weighted by molar-refractivity contribution is 7.46. The zero-order valence-electron chi connectivity index (χ0n) is 9.49. The summed E-state index contributed by atoms with van der Waals surface area (Å²) in [7, 11) is -4.35. The van der Waals surface area contributed by atoms with E-state index in [4.69, 9.17) is 9.79 Å². The van der Waals surface area contributed by atoms with Crippen molar-refractivity contribution in [2.45, 2.75) is 40.0 Å². The van der Waals surface area contributed by atoms with Crippen molar-refractivity contribution in [2.24, 2.45) is 5.41 Å². The molecule has 0 bridgehead atoms. The third-order valence-electron chi connectivity index (χ3n) is 1.66. The molecule has 0 aliphatic carbocycles. The second-order valence-electron chi connectivity index (χ2n) is 4.53. The fourth-order valence-electron chi connectivity index (χ4n) is 0.963. The van der Waals surface area contributed by atoms with Crippen LogP contribution in [0.25, 0.3) is 0 Å². The first-order valence-electron chi connectivity index (χ1n) is 4.86. The van der Waals surface area contributed by atoms with Crippen molar-refractivity contribution in [1.82, 2.24) is 0 Å². The number of unbranched alkanes of at least 4 members (excludes halogenated alkanes) is 1. The van der Waals surface area contributed by atoms with Gasteiger partial charge in [0, 0.05) is 6.42 Å². The van der Waals surface area contributed by atoms with Gasteiger partial charge in [0.1, 0.15) is 6.61 Å². The van der Waals surface area contributed by atoms with E-state index in [0.29, 0.717) is 5.41 Å². The van der Waals surface area contributed by atoms with Crippen molar-refractivity contribution in [3.8, 4) is 11.8 Å². The van der Waals surface area contributed by atoms with Crippen molar-refractivity contribution < 1.29 is 18.9 Å².